The lowest BCUT2D eigenvalue weighted by molar-refractivity contribution is -0.125. The van der Waals surface area contributed by atoms with Gasteiger partial charge in [0.25, 0.3) is 0 Å². The van der Waals surface area contributed by atoms with Gasteiger partial charge >= 0.3 is 0 Å². The molecule has 0 spiro atoms. The van der Waals surface area contributed by atoms with E-state index in [1.54, 1.807) is 0 Å². The van der Waals surface area contributed by atoms with Gasteiger partial charge in [0.1, 0.15) is 0 Å². The molecule has 0 aromatic heterocycles. The van der Waals surface area contributed by atoms with Gasteiger partial charge in [0.2, 0.25) is 5.91 Å². The molecule has 1 amide bonds. The Morgan fingerprint density at radius 1 is 1.41 bits per heavy atom. The van der Waals surface area contributed by atoms with Crippen LogP contribution < -0.4 is 11.1 Å². The van der Waals surface area contributed by atoms with Crippen LogP contribution in [0.5, 0.6) is 0 Å². The first-order chi connectivity index (χ1) is 7.54. The zero-order valence-corrected chi connectivity index (χ0v) is 12.6. The molecule has 1 aliphatic carbocycles. The standard InChI is InChI=1S/C12H24N2OS.ClH/c1-8(9(2)13)12(15)14-10-5-4-6-11(7-10)16-3;/h8-11H,4-7,13H2,1-3H3,(H,14,15);1H. The third kappa shape index (κ3) is 5.49. The van der Waals surface area contributed by atoms with E-state index in [1.165, 1.54) is 12.8 Å². The van der Waals surface area contributed by atoms with Crippen LogP contribution in [-0.2, 0) is 4.79 Å². The van der Waals surface area contributed by atoms with Crippen LogP contribution >= 0.6 is 24.2 Å². The van der Waals surface area contributed by atoms with E-state index < -0.39 is 0 Å². The molecular formula is C12H25ClN2OS. The first-order valence-electron chi connectivity index (χ1n) is 6.13. The SMILES string of the molecule is CSC1CCCC(NC(=O)C(C)C(C)N)C1.Cl. The summed E-state index contributed by atoms with van der Waals surface area (Å²) >= 11 is 1.92. The average Bonchev–Trinajstić information content (AvgIpc) is 2.28. The van der Waals surface area contributed by atoms with Crippen LogP contribution in [0.2, 0.25) is 0 Å². The molecular weight excluding hydrogens is 256 g/mol. The minimum Gasteiger partial charge on any atom is -0.353 e. The molecule has 1 rings (SSSR count). The van der Waals surface area contributed by atoms with Crippen molar-refractivity contribution in [2.45, 2.75) is 56.9 Å². The lowest BCUT2D eigenvalue weighted by atomic mass is 9.94. The van der Waals surface area contributed by atoms with Gasteiger partial charge in [-0.3, -0.25) is 4.79 Å². The van der Waals surface area contributed by atoms with Gasteiger partial charge in [0.15, 0.2) is 0 Å². The molecule has 0 radical (unpaired) electrons. The average molecular weight is 281 g/mol. The van der Waals surface area contributed by atoms with Gasteiger partial charge < -0.3 is 11.1 Å². The minimum atomic E-state index is -0.0883. The van der Waals surface area contributed by atoms with E-state index in [0.717, 1.165) is 12.8 Å². The quantitative estimate of drug-likeness (QED) is 0.830. The highest BCUT2D eigenvalue weighted by Crippen LogP contribution is 2.27. The van der Waals surface area contributed by atoms with Crippen molar-refractivity contribution in [3.05, 3.63) is 0 Å². The van der Waals surface area contributed by atoms with Gasteiger partial charge in [0.05, 0.1) is 0 Å². The fourth-order valence-corrected chi connectivity index (χ4v) is 2.89. The van der Waals surface area contributed by atoms with Gasteiger partial charge in [-0.05, 0) is 32.4 Å². The molecule has 1 saturated carbocycles. The number of hydrogen-bond donors (Lipinski definition) is 2. The number of hydrogen-bond acceptors (Lipinski definition) is 3. The van der Waals surface area contributed by atoms with E-state index in [-0.39, 0.29) is 30.3 Å². The second kappa shape index (κ2) is 8.22. The van der Waals surface area contributed by atoms with Gasteiger partial charge in [-0.25, -0.2) is 0 Å². The maximum Gasteiger partial charge on any atom is 0.224 e. The fraction of sp³-hybridized carbons (Fsp3) is 0.917. The maximum atomic E-state index is 11.8. The summed E-state index contributed by atoms with van der Waals surface area (Å²) in [5, 5.41) is 3.84. The van der Waals surface area contributed by atoms with Crippen molar-refractivity contribution in [1.82, 2.24) is 5.32 Å². The second-order valence-electron chi connectivity index (χ2n) is 4.88. The van der Waals surface area contributed by atoms with Crippen LogP contribution in [-0.4, -0.2) is 29.5 Å². The molecule has 1 fully saturated rings. The summed E-state index contributed by atoms with van der Waals surface area (Å²) in [6.45, 7) is 3.78. The highest BCUT2D eigenvalue weighted by Gasteiger charge is 2.25. The Labute approximate surface area is 115 Å². The van der Waals surface area contributed by atoms with E-state index in [0.29, 0.717) is 11.3 Å². The highest BCUT2D eigenvalue weighted by atomic mass is 35.5. The van der Waals surface area contributed by atoms with Crippen LogP contribution in [0.3, 0.4) is 0 Å². The second-order valence-corrected chi connectivity index (χ2v) is 6.02. The topological polar surface area (TPSA) is 55.1 Å². The van der Waals surface area contributed by atoms with Gasteiger partial charge in [-0.1, -0.05) is 13.3 Å². The third-order valence-corrected chi connectivity index (χ3v) is 4.60. The normalized spacial score (nSPS) is 27.8. The number of carbonyl (C=O) groups excluding carboxylic acids is 1. The van der Waals surface area contributed by atoms with Crippen LogP contribution in [0.25, 0.3) is 0 Å². The monoisotopic (exact) mass is 280 g/mol. The van der Waals surface area contributed by atoms with Crippen LogP contribution in [0.1, 0.15) is 39.5 Å². The lowest BCUT2D eigenvalue weighted by Gasteiger charge is -2.30. The Morgan fingerprint density at radius 2 is 2.06 bits per heavy atom. The molecule has 0 bridgehead atoms. The number of amides is 1. The van der Waals surface area contributed by atoms with Crippen molar-refractivity contribution in [3.8, 4) is 0 Å². The lowest BCUT2D eigenvalue weighted by Crippen LogP contribution is -2.45. The van der Waals surface area contributed by atoms with E-state index in [2.05, 4.69) is 11.6 Å². The molecule has 4 unspecified atom stereocenters. The Kier molecular flexibility index (Phi) is 8.25. The molecule has 0 aromatic rings. The molecule has 4 atom stereocenters. The first-order valence-corrected chi connectivity index (χ1v) is 7.42. The number of rotatable bonds is 4. The number of thioether (sulfide) groups is 1. The van der Waals surface area contributed by atoms with Crippen molar-refractivity contribution in [2.75, 3.05) is 6.26 Å². The molecule has 0 aliphatic heterocycles. The molecule has 3 N–H and O–H groups in total. The molecule has 0 saturated heterocycles. The molecule has 102 valence electrons. The summed E-state index contributed by atoms with van der Waals surface area (Å²) < 4.78 is 0. The van der Waals surface area contributed by atoms with E-state index >= 15 is 0 Å². The van der Waals surface area contributed by atoms with Crippen LogP contribution in [0.4, 0.5) is 0 Å². The smallest absolute Gasteiger partial charge is 0.224 e. The molecule has 1 aliphatic rings. The third-order valence-electron chi connectivity index (χ3n) is 3.51. The van der Waals surface area contributed by atoms with Crippen molar-refractivity contribution < 1.29 is 4.79 Å². The Bertz CT molecular complexity index is 239. The molecule has 0 heterocycles. The summed E-state index contributed by atoms with van der Waals surface area (Å²) in [4.78, 5) is 11.8. The fourth-order valence-electron chi connectivity index (χ4n) is 2.06. The summed E-state index contributed by atoms with van der Waals surface area (Å²) in [5.74, 6) is 0.0245. The maximum absolute atomic E-state index is 11.8. The number of nitrogens with one attached hydrogen (secondary N) is 1. The Hall–Kier alpha value is 0.0700. The van der Waals surface area contributed by atoms with E-state index in [1.807, 2.05) is 25.6 Å². The highest BCUT2D eigenvalue weighted by molar-refractivity contribution is 7.99. The predicted octanol–water partition coefficient (Wildman–Crippen LogP) is 2.18. The summed E-state index contributed by atoms with van der Waals surface area (Å²) in [6.07, 6.45) is 6.89. The summed E-state index contributed by atoms with van der Waals surface area (Å²) in [7, 11) is 0. The summed E-state index contributed by atoms with van der Waals surface area (Å²) in [6, 6.07) is 0.292. The zero-order valence-electron chi connectivity index (χ0n) is 10.9. The number of halogens is 1. The van der Waals surface area contributed by atoms with Gasteiger partial charge in [0, 0.05) is 23.3 Å². The van der Waals surface area contributed by atoms with Gasteiger partial charge in [-0.15, -0.1) is 12.4 Å². The molecule has 17 heavy (non-hydrogen) atoms. The number of carbonyl (C=O) groups is 1. The summed E-state index contributed by atoms with van der Waals surface area (Å²) in [5.41, 5.74) is 5.73. The van der Waals surface area contributed by atoms with Crippen molar-refractivity contribution in [3.63, 3.8) is 0 Å². The largest absolute Gasteiger partial charge is 0.353 e. The Morgan fingerprint density at radius 3 is 2.59 bits per heavy atom. The van der Waals surface area contributed by atoms with Crippen molar-refractivity contribution in [1.29, 1.82) is 0 Å². The number of nitrogens with two attached hydrogens (primary N) is 1. The van der Waals surface area contributed by atoms with Gasteiger partial charge in [-0.2, -0.15) is 11.8 Å². The van der Waals surface area contributed by atoms with Crippen molar-refractivity contribution in [2.24, 2.45) is 11.7 Å². The predicted molar refractivity (Wildman–Crippen MR) is 77.8 cm³/mol. The van der Waals surface area contributed by atoms with Crippen LogP contribution in [0, 0.1) is 5.92 Å². The molecule has 0 aromatic carbocycles. The van der Waals surface area contributed by atoms with Crippen LogP contribution in [0.15, 0.2) is 0 Å². The molecule has 3 nitrogen and oxygen atoms in total. The van der Waals surface area contributed by atoms with E-state index in [9.17, 15) is 4.79 Å². The first kappa shape index (κ1) is 17.1. The minimum absolute atomic E-state index is 0. The van der Waals surface area contributed by atoms with E-state index in [4.69, 9.17) is 5.73 Å². The molecule has 5 heteroatoms. The van der Waals surface area contributed by atoms with Crippen molar-refractivity contribution >= 4 is 30.1 Å². The Balaban J connectivity index is 0.00000256. The zero-order chi connectivity index (χ0) is 12.1.